The number of nitrogens with one attached hydrogen (secondary N) is 2. The highest BCUT2D eigenvalue weighted by molar-refractivity contribution is 9.10. The number of nitrogens with zero attached hydrogens (tertiary/aromatic N) is 1. The van der Waals surface area contributed by atoms with E-state index < -0.39 is 5.91 Å². The van der Waals surface area contributed by atoms with Gasteiger partial charge in [-0.05, 0) is 65.7 Å². The second-order valence-corrected chi connectivity index (χ2v) is 9.34. The topological polar surface area (TPSA) is 70.4 Å². The summed E-state index contributed by atoms with van der Waals surface area (Å²) in [6.07, 6.45) is 0. The number of carbonyl (C=O) groups excluding carboxylic acids is 1. The Morgan fingerprint density at radius 2 is 1.87 bits per heavy atom. The van der Waals surface area contributed by atoms with Gasteiger partial charge in [0.1, 0.15) is 0 Å². The van der Waals surface area contributed by atoms with Crippen LogP contribution in [0.15, 0.2) is 71.2 Å². The number of hydrogen-bond donors (Lipinski definition) is 3. The summed E-state index contributed by atoms with van der Waals surface area (Å²) in [6, 6.07) is 21.8. The number of halogens is 1. The number of benzene rings is 3. The van der Waals surface area contributed by atoms with Crippen molar-refractivity contribution >= 4 is 38.9 Å². The second-order valence-electron chi connectivity index (χ2n) is 8.48. The normalized spacial score (nSPS) is 15.5. The lowest BCUT2D eigenvalue weighted by molar-refractivity contribution is 0.100. The van der Waals surface area contributed by atoms with Crippen LogP contribution in [0, 0.1) is 0 Å². The van der Waals surface area contributed by atoms with E-state index in [0.717, 1.165) is 40.9 Å². The van der Waals surface area contributed by atoms with Gasteiger partial charge in [-0.3, -0.25) is 4.79 Å². The highest BCUT2D eigenvalue weighted by Crippen LogP contribution is 2.38. The van der Waals surface area contributed by atoms with Crippen LogP contribution in [-0.2, 0) is 0 Å². The molecule has 3 aromatic rings. The van der Waals surface area contributed by atoms with Crippen molar-refractivity contribution in [1.82, 2.24) is 5.32 Å². The largest absolute Gasteiger partial charge is 0.368 e. The van der Waals surface area contributed by atoms with E-state index >= 15 is 0 Å². The number of amides is 1. The van der Waals surface area contributed by atoms with E-state index in [-0.39, 0.29) is 5.54 Å². The maximum Gasteiger partial charge on any atom is 0.250 e. The molecular weight excluding hydrogens is 452 g/mol. The van der Waals surface area contributed by atoms with E-state index in [1.54, 1.807) is 6.07 Å². The molecule has 31 heavy (non-hydrogen) atoms. The lowest BCUT2D eigenvalue weighted by Gasteiger charge is -2.40. The van der Waals surface area contributed by atoms with Crippen molar-refractivity contribution in [2.75, 3.05) is 29.9 Å². The molecule has 0 aromatic heterocycles. The zero-order chi connectivity index (χ0) is 22.0. The first-order valence-electron chi connectivity index (χ1n) is 10.4. The van der Waals surface area contributed by atoms with Gasteiger partial charge < -0.3 is 21.3 Å². The van der Waals surface area contributed by atoms with Crippen LogP contribution in [0.1, 0.15) is 24.2 Å². The average Bonchev–Trinajstić information content (AvgIpc) is 2.73. The number of para-hydroxylation sites is 2. The number of rotatable bonds is 5. The van der Waals surface area contributed by atoms with Crippen LogP contribution in [0.3, 0.4) is 0 Å². The predicted molar refractivity (Wildman–Crippen MR) is 132 cm³/mol. The molecule has 0 radical (unpaired) electrons. The summed E-state index contributed by atoms with van der Waals surface area (Å²) in [4.78, 5) is 14.5. The van der Waals surface area contributed by atoms with Crippen LogP contribution in [0.2, 0.25) is 0 Å². The first-order valence-corrected chi connectivity index (χ1v) is 11.2. The molecule has 0 saturated carbocycles. The highest BCUT2D eigenvalue weighted by atomic mass is 79.9. The van der Waals surface area contributed by atoms with Crippen molar-refractivity contribution in [2.24, 2.45) is 5.73 Å². The fourth-order valence-corrected chi connectivity index (χ4v) is 4.71. The molecule has 5 nitrogen and oxygen atoms in total. The first kappa shape index (κ1) is 21.4. The van der Waals surface area contributed by atoms with Gasteiger partial charge in [0.15, 0.2) is 0 Å². The molecule has 1 fully saturated rings. The van der Waals surface area contributed by atoms with Crippen LogP contribution in [0.25, 0.3) is 11.1 Å². The van der Waals surface area contributed by atoms with Crippen molar-refractivity contribution in [3.05, 3.63) is 76.8 Å². The van der Waals surface area contributed by atoms with Gasteiger partial charge in [-0.2, -0.15) is 0 Å². The molecule has 0 aliphatic carbocycles. The van der Waals surface area contributed by atoms with Gasteiger partial charge in [0.25, 0.3) is 5.91 Å². The molecule has 0 unspecified atom stereocenters. The zero-order valence-corrected chi connectivity index (χ0v) is 19.4. The Labute approximate surface area is 191 Å². The number of primary amides is 1. The summed E-state index contributed by atoms with van der Waals surface area (Å²) in [5.41, 5.74) is 10.9. The molecule has 0 bridgehead atoms. The van der Waals surface area contributed by atoms with Gasteiger partial charge in [0, 0.05) is 40.9 Å². The minimum Gasteiger partial charge on any atom is -0.368 e. The van der Waals surface area contributed by atoms with Crippen LogP contribution in [0.5, 0.6) is 0 Å². The number of anilines is 3. The molecule has 0 atom stereocenters. The molecule has 6 heteroatoms. The van der Waals surface area contributed by atoms with E-state index in [1.165, 1.54) is 5.69 Å². The monoisotopic (exact) mass is 478 g/mol. The van der Waals surface area contributed by atoms with Gasteiger partial charge in [-0.25, -0.2) is 0 Å². The molecule has 1 aliphatic heterocycles. The summed E-state index contributed by atoms with van der Waals surface area (Å²) < 4.78 is 1.03. The first-order chi connectivity index (χ1) is 14.8. The molecule has 160 valence electrons. The molecular formula is C25H27BrN4O. The standard InChI is InChI=1S/C25H27BrN4O/c1-25(2)16-30(14-13-28-25)22-12-11-17(15-21(22)26)19-9-6-10-20(24(27)31)23(19)29-18-7-4-3-5-8-18/h3-12,15,28-29H,13-14,16H2,1-2H3,(H2,27,31). The lowest BCUT2D eigenvalue weighted by atomic mass is 9.98. The number of carbonyl (C=O) groups is 1. The van der Waals surface area contributed by atoms with Crippen molar-refractivity contribution < 1.29 is 4.79 Å². The Balaban J connectivity index is 1.73. The third-order valence-electron chi connectivity index (χ3n) is 5.54. The quantitative estimate of drug-likeness (QED) is 0.474. The summed E-state index contributed by atoms with van der Waals surface area (Å²) in [5, 5.41) is 6.95. The van der Waals surface area contributed by atoms with Crippen molar-refractivity contribution in [3.63, 3.8) is 0 Å². The highest BCUT2D eigenvalue weighted by Gasteiger charge is 2.27. The van der Waals surface area contributed by atoms with Crippen molar-refractivity contribution in [1.29, 1.82) is 0 Å². The van der Waals surface area contributed by atoms with Crippen LogP contribution >= 0.6 is 15.9 Å². The molecule has 1 saturated heterocycles. The molecule has 4 N–H and O–H groups in total. The Morgan fingerprint density at radius 1 is 1.10 bits per heavy atom. The van der Waals surface area contributed by atoms with Gasteiger partial charge >= 0.3 is 0 Å². The fourth-order valence-electron chi connectivity index (χ4n) is 4.08. The van der Waals surface area contributed by atoms with Gasteiger partial charge in [-0.1, -0.05) is 36.4 Å². The Hall–Kier alpha value is -2.83. The molecule has 0 spiro atoms. The minimum atomic E-state index is -0.459. The van der Waals surface area contributed by atoms with E-state index in [4.69, 9.17) is 5.73 Å². The fraction of sp³-hybridized carbons (Fsp3) is 0.240. The van der Waals surface area contributed by atoms with E-state index in [0.29, 0.717) is 11.3 Å². The van der Waals surface area contributed by atoms with Crippen molar-refractivity contribution in [2.45, 2.75) is 19.4 Å². The molecule has 1 heterocycles. The van der Waals surface area contributed by atoms with E-state index in [9.17, 15) is 4.79 Å². The number of nitrogens with two attached hydrogens (primary N) is 1. The summed E-state index contributed by atoms with van der Waals surface area (Å²) in [5.74, 6) is -0.459. The Kier molecular flexibility index (Phi) is 6.03. The maximum absolute atomic E-state index is 12.1. The SMILES string of the molecule is CC1(C)CN(c2ccc(-c3cccc(C(N)=O)c3Nc3ccccc3)cc2Br)CCN1. The van der Waals surface area contributed by atoms with Crippen LogP contribution in [-0.4, -0.2) is 31.1 Å². The third kappa shape index (κ3) is 4.75. The summed E-state index contributed by atoms with van der Waals surface area (Å²) >= 11 is 3.78. The molecule has 4 rings (SSSR count). The minimum absolute atomic E-state index is 0.0684. The van der Waals surface area contributed by atoms with Crippen molar-refractivity contribution in [3.8, 4) is 11.1 Å². The Bertz CT molecular complexity index is 1100. The van der Waals surface area contributed by atoms with E-state index in [2.05, 4.69) is 63.5 Å². The lowest BCUT2D eigenvalue weighted by Crippen LogP contribution is -2.57. The molecule has 1 aliphatic rings. The molecule has 3 aromatic carbocycles. The van der Waals surface area contributed by atoms with Crippen LogP contribution in [0.4, 0.5) is 17.1 Å². The number of hydrogen-bond acceptors (Lipinski definition) is 4. The summed E-state index contributed by atoms with van der Waals surface area (Å²) in [6.45, 7) is 7.28. The van der Waals surface area contributed by atoms with E-state index in [1.807, 2.05) is 42.5 Å². The number of piperazine rings is 1. The maximum atomic E-state index is 12.1. The van der Waals surface area contributed by atoms with Gasteiger partial charge in [-0.15, -0.1) is 0 Å². The molecule has 1 amide bonds. The van der Waals surface area contributed by atoms with Crippen LogP contribution < -0.4 is 21.3 Å². The predicted octanol–water partition coefficient (Wildman–Crippen LogP) is 5.15. The van der Waals surface area contributed by atoms with Gasteiger partial charge in [0.05, 0.1) is 16.9 Å². The zero-order valence-electron chi connectivity index (χ0n) is 17.8. The third-order valence-corrected chi connectivity index (χ3v) is 6.18. The summed E-state index contributed by atoms with van der Waals surface area (Å²) in [7, 11) is 0. The second kappa shape index (κ2) is 8.73. The Morgan fingerprint density at radius 3 is 2.55 bits per heavy atom. The van der Waals surface area contributed by atoms with Gasteiger partial charge in [0.2, 0.25) is 0 Å². The smallest absolute Gasteiger partial charge is 0.250 e. The average molecular weight is 479 g/mol.